The minimum absolute atomic E-state index is 0.0989. The van der Waals surface area contributed by atoms with Crippen molar-refractivity contribution in [3.05, 3.63) is 17.7 Å². The van der Waals surface area contributed by atoms with Gasteiger partial charge in [-0.1, -0.05) is 20.8 Å². The molecule has 1 rings (SSSR count). The van der Waals surface area contributed by atoms with Gasteiger partial charge >= 0.3 is 12.3 Å². The fourth-order valence-electron chi connectivity index (χ4n) is 1.88. The molecule has 0 heterocycles. The molecule has 0 bridgehead atoms. The highest BCUT2D eigenvalue weighted by molar-refractivity contribution is 5.94. The fraction of sp³-hybridized carbons (Fsp3) is 0.588. The van der Waals surface area contributed by atoms with Crippen LogP contribution in [0.5, 0.6) is 17.2 Å². The van der Waals surface area contributed by atoms with Gasteiger partial charge in [0.05, 0.1) is 19.8 Å². The van der Waals surface area contributed by atoms with Crippen LogP contribution in [-0.2, 0) is 4.74 Å². The van der Waals surface area contributed by atoms with Crippen LogP contribution < -0.4 is 14.2 Å². The van der Waals surface area contributed by atoms with Crippen molar-refractivity contribution in [2.45, 2.75) is 46.4 Å². The van der Waals surface area contributed by atoms with E-state index in [1.807, 2.05) is 20.8 Å². The van der Waals surface area contributed by atoms with Gasteiger partial charge in [-0.15, -0.1) is 13.2 Å². The van der Waals surface area contributed by atoms with Crippen LogP contribution in [-0.4, -0.2) is 32.2 Å². The van der Waals surface area contributed by atoms with Crippen molar-refractivity contribution in [1.82, 2.24) is 0 Å². The third-order valence-electron chi connectivity index (χ3n) is 2.87. The van der Waals surface area contributed by atoms with Crippen molar-refractivity contribution in [2.75, 3.05) is 19.8 Å². The molecule has 0 saturated carbocycles. The van der Waals surface area contributed by atoms with Crippen molar-refractivity contribution in [2.24, 2.45) is 0 Å². The number of ether oxygens (including phenoxy) is 4. The Morgan fingerprint density at radius 2 is 1.40 bits per heavy atom. The summed E-state index contributed by atoms with van der Waals surface area (Å²) in [7, 11) is 0. The molecule has 0 fully saturated rings. The highest BCUT2D eigenvalue weighted by Crippen LogP contribution is 2.41. The summed E-state index contributed by atoms with van der Waals surface area (Å²) in [5.41, 5.74) is -0.360. The van der Waals surface area contributed by atoms with Crippen LogP contribution in [0.25, 0.3) is 0 Å². The molecule has 0 aliphatic heterocycles. The van der Waals surface area contributed by atoms with Gasteiger partial charge in [0.2, 0.25) is 5.75 Å². The number of carbonyl (C=O) groups is 1. The van der Waals surface area contributed by atoms with E-state index in [9.17, 15) is 18.0 Å². The second kappa shape index (κ2) is 10.0. The lowest BCUT2D eigenvalue weighted by molar-refractivity contribution is -0.291. The van der Waals surface area contributed by atoms with Crippen molar-refractivity contribution < 1.29 is 36.9 Å². The molecular formula is C17H23F3O5. The van der Waals surface area contributed by atoms with E-state index in [-0.39, 0.29) is 23.7 Å². The van der Waals surface area contributed by atoms with Crippen LogP contribution in [0.1, 0.15) is 50.4 Å². The Morgan fingerprint density at radius 1 is 0.880 bits per heavy atom. The maximum absolute atomic E-state index is 12.4. The summed E-state index contributed by atoms with van der Waals surface area (Å²) >= 11 is 0. The van der Waals surface area contributed by atoms with Crippen molar-refractivity contribution >= 4 is 5.97 Å². The SMILES string of the molecule is CCCOc1ccc(C(=O)OC(F)(F)F)c(OCCC)c1OCCC. The summed E-state index contributed by atoms with van der Waals surface area (Å²) < 4.78 is 57.3. The van der Waals surface area contributed by atoms with Crippen LogP contribution in [0.4, 0.5) is 13.2 Å². The van der Waals surface area contributed by atoms with Crippen molar-refractivity contribution in [3.63, 3.8) is 0 Å². The summed E-state index contributed by atoms with van der Waals surface area (Å²) in [6, 6.07) is 2.56. The molecule has 0 unspecified atom stereocenters. The molecule has 142 valence electrons. The number of carbonyl (C=O) groups excluding carboxylic acids is 1. The Bertz CT molecular complexity index is 558. The number of halogens is 3. The van der Waals surface area contributed by atoms with Gasteiger partial charge in [0.25, 0.3) is 0 Å². The Hall–Kier alpha value is -2.12. The van der Waals surface area contributed by atoms with Crippen LogP contribution in [0.2, 0.25) is 0 Å². The minimum atomic E-state index is -5.08. The van der Waals surface area contributed by atoms with Crippen molar-refractivity contribution in [1.29, 1.82) is 0 Å². The molecule has 0 N–H and O–H groups in total. The monoisotopic (exact) mass is 364 g/mol. The molecule has 5 nitrogen and oxygen atoms in total. The van der Waals surface area contributed by atoms with Gasteiger partial charge in [-0.05, 0) is 31.4 Å². The summed E-state index contributed by atoms with van der Waals surface area (Å²) in [6.45, 7) is 6.51. The van der Waals surface area contributed by atoms with E-state index in [1.54, 1.807) is 0 Å². The zero-order chi connectivity index (χ0) is 18.9. The van der Waals surface area contributed by atoms with E-state index in [2.05, 4.69) is 4.74 Å². The van der Waals surface area contributed by atoms with Gasteiger partial charge < -0.3 is 18.9 Å². The predicted molar refractivity (Wildman–Crippen MR) is 85.3 cm³/mol. The highest BCUT2D eigenvalue weighted by Gasteiger charge is 2.36. The first kappa shape index (κ1) is 20.9. The zero-order valence-electron chi connectivity index (χ0n) is 14.6. The molecule has 8 heteroatoms. The molecule has 25 heavy (non-hydrogen) atoms. The third-order valence-corrected chi connectivity index (χ3v) is 2.87. The predicted octanol–water partition coefficient (Wildman–Crippen LogP) is 4.73. The number of rotatable bonds is 10. The summed E-state index contributed by atoms with van der Waals surface area (Å²) in [4.78, 5) is 11.9. The largest absolute Gasteiger partial charge is 0.575 e. The summed E-state index contributed by atoms with van der Waals surface area (Å²) in [5.74, 6) is -1.23. The Morgan fingerprint density at radius 3 is 1.92 bits per heavy atom. The first-order valence-electron chi connectivity index (χ1n) is 8.19. The number of alkyl halides is 3. The van der Waals surface area contributed by atoms with E-state index in [4.69, 9.17) is 14.2 Å². The van der Waals surface area contributed by atoms with Gasteiger partial charge in [-0.3, -0.25) is 0 Å². The second-order valence-corrected chi connectivity index (χ2v) is 5.15. The average Bonchev–Trinajstić information content (AvgIpc) is 2.54. The number of hydrogen-bond donors (Lipinski definition) is 0. The first-order valence-corrected chi connectivity index (χ1v) is 8.19. The Balaban J connectivity index is 3.31. The van der Waals surface area contributed by atoms with Gasteiger partial charge in [0.1, 0.15) is 5.56 Å². The maximum Gasteiger partial charge on any atom is 0.575 e. The van der Waals surface area contributed by atoms with Crippen LogP contribution in [0.3, 0.4) is 0 Å². The Kier molecular flexibility index (Phi) is 8.37. The second-order valence-electron chi connectivity index (χ2n) is 5.15. The minimum Gasteiger partial charge on any atom is -0.490 e. The van der Waals surface area contributed by atoms with E-state index >= 15 is 0 Å². The van der Waals surface area contributed by atoms with Gasteiger partial charge in [0, 0.05) is 0 Å². The molecule has 1 aromatic carbocycles. The lowest BCUT2D eigenvalue weighted by atomic mass is 10.1. The van der Waals surface area contributed by atoms with E-state index in [0.29, 0.717) is 31.8 Å². The molecule has 0 aliphatic carbocycles. The standard InChI is InChI=1S/C17H23F3O5/c1-4-9-22-13-8-7-12(16(21)25-17(18,19)20)14(23-10-5-2)15(13)24-11-6-3/h7-8H,4-6,9-11H2,1-3H3. The van der Waals surface area contributed by atoms with Crippen molar-refractivity contribution in [3.8, 4) is 17.2 Å². The zero-order valence-corrected chi connectivity index (χ0v) is 14.6. The molecule has 1 aromatic rings. The number of benzene rings is 1. The van der Waals surface area contributed by atoms with Crippen LogP contribution in [0, 0.1) is 0 Å². The third kappa shape index (κ3) is 6.72. The van der Waals surface area contributed by atoms with Gasteiger partial charge in [-0.2, -0.15) is 0 Å². The van der Waals surface area contributed by atoms with E-state index in [1.165, 1.54) is 12.1 Å². The normalized spacial score (nSPS) is 11.1. The topological polar surface area (TPSA) is 54.0 Å². The molecule has 0 atom stereocenters. The maximum atomic E-state index is 12.4. The van der Waals surface area contributed by atoms with E-state index in [0.717, 1.165) is 6.42 Å². The first-order chi connectivity index (χ1) is 11.8. The summed E-state index contributed by atoms with van der Waals surface area (Å²) in [5, 5.41) is 0. The molecule has 0 amide bonds. The smallest absolute Gasteiger partial charge is 0.490 e. The molecule has 0 spiro atoms. The molecule has 0 aliphatic rings. The quantitative estimate of drug-likeness (QED) is 0.562. The molecular weight excluding hydrogens is 341 g/mol. The number of hydrogen-bond acceptors (Lipinski definition) is 5. The van der Waals surface area contributed by atoms with Gasteiger partial charge in [0.15, 0.2) is 11.5 Å². The molecule has 0 saturated heterocycles. The Labute approximate surface area is 145 Å². The fourth-order valence-corrected chi connectivity index (χ4v) is 1.88. The van der Waals surface area contributed by atoms with Crippen LogP contribution in [0.15, 0.2) is 12.1 Å². The number of esters is 1. The van der Waals surface area contributed by atoms with Gasteiger partial charge in [-0.25, -0.2) is 4.79 Å². The van der Waals surface area contributed by atoms with E-state index < -0.39 is 12.3 Å². The van der Waals surface area contributed by atoms with Crippen LogP contribution >= 0.6 is 0 Å². The average molecular weight is 364 g/mol. The lowest BCUT2D eigenvalue weighted by Crippen LogP contribution is -2.20. The summed E-state index contributed by atoms with van der Waals surface area (Å²) in [6.07, 6.45) is -3.09. The highest BCUT2D eigenvalue weighted by atomic mass is 19.4. The molecule has 0 radical (unpaired) electrons. The lowest BCUT2D eigenvalue weighted by Gasteiger charge is -2.19. The molecule has 0 aromatic heterocycles.